The van der Waals surface area contributed by atoms with Crippen molar-refractivity contribution in [1.29, 1.82) is 0 Å². The molecule has 0 spiro atoms. The third kappa shape index (κ3) is 4.57. The Labute approximate surface area is 117 Å². The summed E-state index contributed by atoms with van der Waals surface area (Å²) in [6, 6.07) is 2.69. The van der Waals surface area contributed by atoms with Gasteiger partial charge in [-0.25, -0.2) is 17.6 Å². The highest BCUT2D eigenvalue weighted by atomic mass is 32.2. The average molecular weight is 304 g/mol. The van der Waals surface area contributed by atoms with Gasteiger partial charge in [-0.1, -0.05) is 13.8 Å². The Balaban J connectivity index is 2.86. The first-order valence-electron chi connectivity index (χ1n) is 6.07. The number of hydrogen-bond acceptors (Lipinski definition) is 4. The largest absolute Gasteiger partial charge is 0.478 e. The quantitative estimate of drug-likeness (QED) is 0.779. The fourth-order valence-electron chi connectivity index (χ4n) is 1.47. The molecule has 1 aromatic rings. The van der Waals surface area contributed by atoms with Gasteiger partial charge in [-0.05, 0) is 24.1 Å². The molecule has 0 aliphatic heterocycles. The van der Waals surface area contributed by atoms with Crippen LogP contribution in [0.25, 0.3) is 0 Å². The molecule has 5 nitrogen and oxygen atoms in total. The van der Waals surface area contributed by atoms with Crippen molar-refractivity contribution < 1.29 is 27.4 Å². The lowest BCUT2D eigenvalue weighted by Gasteiger charge is -2.09. The number of halogens is 1. The number of carboxylic acids is 1. The van der Waals surface area contributed by atoms with Crippen molar-refractivity contribution in [3.05, 3.63) is 29.6 Å². The van der Waals surface area contributed by atoms with Crippen LogP contribution in [0.4, 0.5) is 4.39 Å². The monoisotopic (exact) mass is 304 g/mol. The van der Waals surface area contributed by atoms with Gasteiger partial charge in [0.05, 0.1) is 17.9 Å². The maximum atomic E-state index is 13.6. The Morgan fingerprint density at radius 1 is 1.40 bits per heavy atom. The molecule has 0 aliphatic carbocycles. The van der Waals surface area contributed by atoms with Crippen LogP contribution in [0.3, 0.4) is 0 Å². The minimum atomic E-state index is -3.91. The van der Waals surface area contributed by atoms with Crippen LogP contribution < -0.4 is 0 Å². The van der Waals surface area contributed by atoms with E-state index < -0.39 is 26.5 Å². The number of rotatable bonds is 7. The van der Waals surface area contributed by atoms with Crippen molar-refractivity contribution in [1.82, 2.24) is 0 Å². The summed E-state index contributed by atoms with van der Waals surface area (Å²) in [5, 5.41) is 8.80. The first-order chi connectivity index (χ1) is 9.24. The van der Waals surface area contributed by atoms with Crippen LogP contribution in [0.1, 0.15) is 24.2 Å². The van der Waals surface area contributed by atoms with Crippen molar-refractivity contribution in [2.75, 3.05) is 19.0 Å². The summed E-state index contributed by atoms with van der Waals surface area (Å²) in [4.78, 5) is 10.2. The number of carboxylic acid groups (broad SMARTS) is 1. The summed E-state index contributed by atoms with van der Waals surface area (Å²) in [5.74, 6) is -2.39. The summed E-state index contributed by atoms with van der Waals surface area (Å²) in [6.45, 7) is 4.19. The standard InChI is InChI=1S/C13H17FO5S/c1-9(2)8-19-5-6-20(17,18)12-7-10(13(15)16)3-4-11(12)14/h3-4,7,9H,5-6,8H2,1-2H3,(H,15,16). The van der Waals surface area contributed by atoms with Crippen LogP contribution in [0.15, 0.2) is 23.1 Å². The summed E-state index contributed by atoms with van der Waals surface area (Å²) in [7, 11) is -3.91. The second-order valence-corrected chi connectivity index (χ2v) is 6.82. The molecule has 20 heavy (non-hydrogen) atoms. The van der Waals surface area contributed by atoms with Crippen LogP contribution in [-0.4, -0.2) is 38.5 Å². The molecule has 0 atom stereocenters. The predicted molar refractivity (Wildman–Crippen MR) is 71.1 cm³/mol. The number of sulfone groups is 1. The van der Waals surface area contributed by atoms with Crippen LogP contribution in [0.2, 0.25) is 0 Å². The van der Waals surface area contributed by atoms with Crippen LogP contribution in [0, 0.1) is 11.7 Å². The third-order valence-corrected chi connectivity index (χ3v) is 4.15. The van der Waals surface area contributed by atoms with Gasteiger partial charge in [0.25, 0.3) is 0 Å². The summed E-state index contributed by atoms with van der Waals surface area (Å²) >= 11 is 0. The number of benzene rings is 1. The Morgan fingerprint density at radius 3 is 2.60 bits per heavy atom. The van der Waals surface area contributed by atoms with E-state index in [1.165, 1.54) is 0 Å². The second-order valence-electron chi connectivity index (χ2n) is 4.74. The predicted octanol–water partition coefficient (Wildman–Crippen LogP) is 1.97. The number of ether oxygens (including phenoxy) is 1. The topological polar surface area (TPSA) is 80.7 Å². The van der Waals surface area contributed by atoms with E-state index in [1.807, 2.05) is 13.8 Å². The van der Waals surface area contributed by atoms with E-state index in [0.717, 1.165) is 18.2 Å². The van der Waals surface area contributed by atoms with Crippen molar-refractivity contribution >= 4 is 15.8 Å². The number of aromatic carboxylic acids is 1. The van der Waals surface area contributed by atoms with Crippen LogP contribution in [0.5, 0.6) is 0 Å². The van der Waals surface area contributed by atoms with Crippen molar-refractivity contribution in [3.63, 3.8) is 0 Å². The van der Waals surface area contributed by atoms with Gasteiger partial charge >= 0.3 is 5.97 Å². The molecule has 0 saturated heterocycles. The molecule has 1 rings (SSSR count). The summed E-state index contributed by atoms with van der Waals surface area (Å²) in [6.07, 6.45) is 0. The van der Waals surface area contributed by atoms with E-state index >= 15 is 0 Å². The molecule has 0 radical (unpaired) electrons. The zero-order valence-corrected chi connectivity index (χ0v) is 12.1. The minimum Gasteiger partial charge on any atom is -0.478 e. The highest BCUT2D eigenvalue weighted by Gasteiger charge is 2.21. The van der Waals surface area contributed by atoms with Gasteiger partial charge in [-0.2, -0.15) is 0 Å². The fraction of sp³-hybridized carbons (Fsp3) is 0.462. The molecular weight excluding hydrogens is 287 g/mol. The number of carbonyl (C=O) groups is 1. The SMILES string of the molecule is CC(C)COCCS(=O)(=O)c1cc(C(=O)O)ccc1F. The highest BCUT2D eigenvalue weighted by molar-refractivity contribution is 7.91. The molecule has 0 unspecified atom stereocenters. The number of hydrogen-bond donors (Lipinski definition) is 1. The van der Waals surface area contributed by atoms with E-state index in [-0.39, 0.29) is 23.8 Å². The van der Waals surface area contributed by atoms with E-state index in [9.17, 15) is 17.6 Å². The van der Waals surface area contributed by atoms with Gasteiger partial charge in [0.1, 0.15) is 10.7 Å². The summed E-state index contributed by atoms with van der Waals surface area (Å²) < 4.78 is 42.6. The maximum absolute atomic E-state index is 13.6. The molecule has 0 fully saturated rings. The molecule has 7 heteroatoms. The van der Waals surface area contributed by atoms with Crippen LogP contribution >= 0.6 is 0 Å². The van der Waals surface area contributed by atoms with Crippen molar-refractivity contribution in [2.45, 2.75) is 18.7 Å². The lowest BCUT2D eigenvalue weighted by molar-refractivity contribution is 0.0696. The van der Waals surface area contributed by atoms with Gasteiger partial charge in [0.15, 0.2) is 9.84 Å². The molecule has 0 heterocycles. The molecule has 112 valence electrons. The zero-order valence-electron chi connectivity index (χ0n) is 11.3. The molecular formula is C13H17FO5S. The van der Waals surface area contributed by atoms with Crippen molar-refractivity contribution in [2.24, 2.45) is 5.92 Å². The van der Waals surface area contributed by atoms with E-state index in [2.05, 4.69) is 0 Å². The van der Waals surface area contributed by atoms with E-state index in [0.29, 0.717) is 6.61 Å². The van der Waals surface area contributed by atoms with Gasteiger partial charge in [-0.15, -0.1) is 0 Å². The van der Waals surface area contributed by atoms with Crippen LogP contribution in [-0.2, 0) is 14.6 Å². The van der Waals surface area contributed by atoms with E-state index in [1.54, 1.807) is 0 Å². The van der Waals surface area contributed by atoms with Gasteiger partial charge < -0.3 is 9.84 Å². The molecule has 0 aromatic heterocycles. The molecule has 0 amide bonds. The minimum absolute atomic E-state index is 0.0583. The smallest absolute Gasteiger partial charge is 0.335 e. The van der Waals surface area contributed by atoms with Crippen molar-refractivity contribution in [3.8, 4) is 0 Å². The average Bonchev–Trinajstić information content (AvgIpc) is 2.34. The Kier molecular flexibility index (Phi) is 5.64. The molecule has 1 N–H and O–H groups in total. The Morgan fingerprint density at radius 2 is 2.05 bits per heavy atom. The molecule has 0 saturated carbocycles. The highest BCUT2D eigenvalue weighted by Crippen LogP contribution is 2.18. The first-order valence-corrected chi connectivity index (χ1v) is 7.72. The first kappa shape index (κ1) is 16.6. The fourth-order valence-corrected chi connectivity index (χ4v) is 2.70. The lowest BCUT2D eigenvalue weighted by atomic mass is 10.2. The molecule has 0 aliphatic rings. The second kappa shape index (κ2) is 6.81. The normalized spacial score (nSPS) is 11.8. The molecule has 0 bridgehead atoms. The van der Waals surface area contributed by atoms with Gasteiger partial charge in [0.2, 0.25) is 0 Å². The summed E-state index contributed by atoms with van der Waals surface area (Å²) in [5.41, 5.74) is -0.270. The van der Waals surface area contributed by atoms with Gasteiger partial charge in [0, 0.05) is 6.61 Å². The van der Waals surface area contributed by atoms with E-state index in [4.69, 9.17) is 9.84 Å². The molecule has 1 aromatic carbocycles. The zero-order chi connectivity index (χ0) is 15.3. The Hall–Kier alpha value is -1.47. The lowest BCUT2D eigenvalue weighted by Crippen LogP contribution is -2.16. The maximum Gasteiger partial charge on any atom is 0.335 e. The third-order valence-electron chi connectivity index (χ3n) is 2.46. The Bertz CT molecular complexity index is 580. The van der Waals surface area contributed by atoms with Gasteiger partial charge in [-0.3, -0.25) is 0 Å².